The highest BCUT2D eigenvalue weighted by Crippen LogP contribution is 2.13. The molecule has 0 spiro atoms. The van der Waals surface area contributed by atoms with Crippen molar-refractivity contribution in [2.75, 3.05) is 27.7 Å². The lowest BCUT2D eigenvalue weighted by atomic mass is 10.1. The van der Waals surface area contributed by atoms with Crippen molar-refractivity contribution in [1.82, 2.24) is 15.5 Å². The van der Waals surface area contributed by atoms with Gasteiger partial charge >= 0.3 is 6.03 Å². The second-order valence-electron chi connectivity index (χ2n) is 5.73. The van der Waals surface area contributed by atoms with Crippen LogP contribution in [0.3, 0.4) is 0 Å². The molecule has 0 aliphatic heterocycles. The number of methoxy groups -OCH3 is 1. The molecule has 0 fully saturated rings. The van der Waals surface area contributed by atoms with Crippen molar-refractivity contribution in [3.8, 4) is 5.75 Å². The Kier molecular flexibility index (Phi) is 7.94. The lowest BCUT2D eigenvalue weighted by molar-refractivity contribution is -0.128. The molecule has 0 heterocycles. The topological polar surface area (TPSA) is 70.7 Å². The summed E-state index contributed by atoms with van der Waals surface area (Å²) in [6.45, 7) is 2.31. The fourth-order valence-electron chi connectivity index (χ4n) is 2.03. The molecule has 0 aliphatic carbocycles. The van der Waals surface area contributed by atoms with Crippen molar-refractivity contribution in [3.63, 3.8) is 0 Å². The first-order valence-corrected chi connectivity index (χ1v) is 7.79. The zero-order valence-corrected chi connectivity index (χ0v) is 14.4. The Labute approximate surface area is 138 Å². The zero-order chi connectivity index (χ0) is 17.2. The molecule has 0 bridgehead atoms. The van der Waals surface area contributed by atoms with Gasteiger partial charge in [-0.15, -0.1) is 0 Å². The van der Waals surface area contributed by atoms with Crippen molar-refractivity contribution in [2.24, 2.45) is 0 Å². The summed E-state index contributed by atoms with van der Waals surface area (Å²) in [5.74, 6) is 0.837. The summed E-state index contributed by atoms with van der Waals surface area (Å²) >= 11 is 0. The highest BCUT2D eigenvalue weighted by atomic mass is 16.5. The average Bonchev–Trinajstić information content (AvgIpc) is 2.53. The van der Waals surface area contributed by atoms with E-state index in [-0.39, 0.29) is 18.0 Å². The summed E-state index contributed by atoms with van der Waals surface area (Å²) in [4.78, 5) is 24.6. The summed E-state index contributed by atoms with van der Waals surface area (Å²) in [6.07, 6.45) is 2.03. The van der Waals surface area contributed by atoms with E-state index in [0.717, 1.165) is 18.6 Å². The number of amides is 3. The van der Waals surface area contributed by atoms with Gasteiger partial charge in [-0.1, -0.05) is 12.1 Å². The molecule has 1 rings (SSSR count). The van der Waals surface area contributed by atoms with E-state index in [9.17, 15) is 9.59 Å². The van der Waals surface area contributed by atoms with Crippen LogP contribution < -0.4 is 15.4 Å². The molecule has 3 amide bonds. The number of nitrogens with one attached hydrogen (secondary N) is 2. The number of nitrogens with zero attached hydrogens (tertiary/aromatic N) is 1. The summed E-state index contributed by atoms with van der Waals surface area (Å²) in [6, 6.07) is 7.74. The maximum Gasteiger partial charge on any atom is 0.315 e. The van der Waals surface area contributed by atoms with Gasteiger partial charge in [0.15, 0.2) is 0 Å². The highest BCUT2D eigenvalue weighted by Gasteiger charge is 2.09. The lowest BCUT2D eigenvalue weighted by Gasteiger charge is -2.15. The number of urea groups is 1. The predicted octanol–water partition coefficient (Wildman–Crippen LogP) is 1.79. The van der Waals surface area contributed by atoms with Crippen LogP contribution >= 0.6 is 0 Å². The Morgan fingerprint density at radius 2 is 1.87 bits per heavy atom. The fourth-order valence-corrected chi connectivity index (χ4v) is 2.03. The van der Waals surface area contributed by atoms with Crippen molar-refractivity contribution < 1.29 is 14.3 Å². The molecule has 23 heavy (non-hydrogen) atoms. The molecule has 0 aliphatic rings. The first-order chi connectivity index (χ1) is 10.9. The van der Waals surface area contributed by atoms with Crippen LogP contribution in [0.25, 0.3) is 0 Å². The van der Waals surface area contributed by atoms with E-state index < -0.39 is 0 Å². The first-order valence-electron chi connectivity index (χ1n) is 7.79. The molecule has 1 aromatic carbocycles. The molecular formula is C17H27N3O3. The number of ether oxygens (including phenoxy) is 1. The molecule has 0 radical (unpaired) electrons. The highest BCUT2D eigenvalue weighted by molar-refractivity contribution is 5.78. The second-order valence-corrected chi connectivity index (χ2v) is 5.73. The minimum atomic E-state index is -0.237. The first kappa shape index (κ1) is 18.8. The Hall–Kier alpha value is -2.24. The Morgan fingerprint density at radius 1 is 1.22 bits per heavy atom. The van der Waals surface area contributed by atoms with Crippen molar-refractivity contribution >= 4 is 11.9 Å². The molecule has 0 saturated heterocycles. The van der Waals surface area contributed by atoms with Gasteiger partial charge < -0.3 is 20.3 Å². The van der Waals surface area contributed by atoms with Gasteiger partial charge in [0.1, 0.15) is 5.75 Å². The summed E-state index contributed by atoms with van der Waals surface area (Å²) in [5.41, 5.74) is 1.21. The molecule has 0 saturated carbocycles. The van der Waals surface area contributed by atoms with Gasteiger partial charge in [-0.3, -0.25) is 4.79 Å². The van der Waals surface area contributed by atoms with Crippen LogP contribution in [0.5, 0.6) is 5.75 Å². The molecule has 1 atom stereocenters. The van der Waals surface area contributed by atoms with Gasteiger partial charge in [-0.05, 0) is 37.5 Å². The quantitative estimate of drug-likeness (QED) is 0.767. The van der Waals surface area contributed by atoms with Crippen LogP contribution in [0.1, 0.15) is 25.3 Å². The summed E-state index contributed by atoms with van der Waals surface area (Å²) < 4.78 is 5.12. The monoisotopic (exact) mass is 321 g/mol. The third-order valence-corrected chi connectivity index (χ3v) is 3.53. The van der Waals surface area contributed by atoms with E-state index in [1.807, 2.05) is 31.2 Å². The third-order valence-electron chi connectivity index (χ3n) is 3.53. The number of hydrogen-bond acceptors (Lipinski definition) is 3. The van der Waals surface area contributed by atoms with Crippen molar-refractivity contribution in [2.45, 2.75) is 32.2 Å². The Balaban J connectivity index is 2.23. The molecule has 128 valence electrons. The molecule has 6 heteroatoms. The number of carbonyl (C=O) groups excluding carboxylic acids is 2. The van der Waals surface area contributed by atoms with Crippen LogP contribution in [0.4, 0.5) is 4.79 Å². The molecule has 2 N–H and O–H groups in total. The molecule has 0 aromatic heterocycles. The average molecular weight is 321 g/mol. The Bertz CT molecular complexity index is 500. The van der Waals surface area contributed by atoms with Crippen molar-refractivity contribution in [1.29, 1.82) is 0 Å². The van der Waals surface area contributed by atoms with Crippen LogP contribution in [0.2, 0.25) is 0 Å². The maximum atomic E-state index is 11.7. The second kappa shape index (κ2) is 9.71. The maximum absolute atomic E-state index is 11.7. The number of carbonyl (C=O) groups is 2. The van der Waals surface area contributed by atoms with Gasteiger partial charge in [0.2, 0.25) is 5.91 Å². The molecule has 1 unspecified atom stereocenters. The van der Waals surface area contributed by atoms with Crippen LogP contribution in [0.15, 0.2) is 24.3 Å². The molecular weight excluding hydrogens is 294 g/mol. The van der Waals surface area contributed by atoms with E-state index in [0.29, 0.717) is 13.0 Å². The summed E-state index contributed by atoms with van der Waals surface area (Å²) in [5, 5.41) is 5.57. The van der Waals surface area contributed by atoms with Crippen LogP contribution in [-0.4, -0.2) is 50.6 Å². The molecule has 6 nitrogen and oxygen atoms in total. The number of hydrogen-bond donors (Lipinski definition) is 2. The Morgan fingerprint density at radius 3 is 2.43 bits per heavy atom. The summed E-state index contributed by atoms with van der Waals surface area (Å²) in [7, 11) is 5.04. The third kappa shape index (κ3) is 7.54. The van der Waals surface area contributed by atoms with Crippen LogP contribution in [-0.2, 0) is 11.2 Å². The number of aryl methyl sites for hydroxylation is 1. The predicted molar refractivity (Wildman–Crippen MR) is 90.6 cm³/mol. The lowest BCUT2D eigenvalue weighted by Crippen LogP contribution is -2.42. The minimum absolute atomic E-state index is 0.00199. The van der Waals surface area contributed by atoms with Crippen LogP contribution in [0, 0.1) is 0 Å². The van der Waals surface area contributed by atoms with E-state index in [4.69, 9.17) is 4.74 Å². The van der Waals surface area contributed by atoms with Gasteiger partial charge in [-0.25, -0.2) is 4.79 Å². The van der Waals surface area contributed by atoms with E-state index in [2.05, 4.69) is 10.6 Å². The smallest absolute Gasteiger partial charge is 0.315 e. The number of benzene rings is 1. The van der Waals surface area contributed by atoms with E-state index in [1.54, 1.807) is 21.2 Å². The number of rotatable bonds is 8. The van der Waals surface area contributed by atoms with Gasteiger partial charge in [-0.2, -0.15) is 0 Å². The van der Waals surface area contributed by atoms with Crippen molar-refractivity contribution in [3.05, 3.63) is 29.8 Å². The molecule has 1 aromatic rings. The van der Waals surface area contributed by atoms with Gasteiger partial charge in [0.05, 0.1) is 7.11 Å². The van der Waals surface area contributed by atoms with E-state index >= 15 is 0 Å². The largest absolute Gasteiger partial charge is 0.497 e. The SMILES string of the molecule is COc1ccc(CCC(C)NC(=O)NCCC(=O)N(C)C)cc1. The van der Waals surface area contributed by atoms with Gasteiger partial charge in [0, 0.05) is 33.1 Å². The van der Waals surface area contributed by atoms with E-state index in [1.165, 1.54) is 10.5 Å². The normalized spacial score (nSPS) is 11.5. The fraction of sp³-hybridized carbons (Fsp3) is 0.529. The minimum Gasteiger partial charge on any atom is -0.497 e. The zero-order valence-electron chi connectivity index (χ0n) is 14.4. The standard InChI is InChI=1S/C17H27N3O3/c1-13(5-6-14-7-9-15(23-4)10-8-14)19-17(22)18-12-11-16(21)20(2)3/h7-10,13H,5-6,11-12H2,1-4H3,(H2,18,19,22). The van der Waals surface area contributed by atoms with Gasteiger partial charge in [0.25, 0.3) is 0 Å².